The quantitative estimate of drug-likeness (QED) is 0.0462. The third-order valence-electron chi connectivity index (χ3n) is 12.4. The van der Waals surface area contributed by atoms with Gasteiger partial charge in [-0.2, -0.15) is 44.8 Å². The number of unbranched alkanes of at least 4 members (excludes halogenated alkanes) is 1. The van der Waals surface area contributed by atoms with Crippen LogP contribution in [0, 0.1) is 28.1 Å². The van der Waals surface area contributed by atoms with Crippen molar-refractivity contribution in [1.82, 2.24) is 4.67 Å². The van der Waals surface area contributed by atoms with Gasteiger partial charge in [-0.15, -0.1) is 0 Å². The van der Waals surface area contributed by atoms with Gasteiger partial charge in [-0.1, -0.05) is 41.5 Å². The van der Waals surface area contributed by atoms with E-state index in [1.54, 1.807) is 10.8 Å². The van der Waals surface area contributed by atoms with Gasteiger partial charge < -0.3 is 23.3 Å². The Morgan fingerprint density at radius 3 is 2.07 bits per heavy atom. The third kappa shape index (κ3) is 11.7. The number of hydrogen-bond acceptors (Lipinski definition) is 9. The first-order valence-corrected chi connectivity index (χ1v) is 24.3. The molecular formula is C41H60F9N2O5PS2. The van der Waals surface area contributed by atoms with Crippen LogP contribution in [-0.2, 0) is 24.9 Å². The summed E-state index contributed by atoms with van der Waals surface area (Å²) in [7, 11) is 2.37. The summed E-state index contributed by atoms with van der Waals surface area (Å²) in [6.07, 6.45) is -13.9. The van der Waals surface area contributed by atoms with Crippen molar-refractivity contribution in [2.24, 2.45) is 16.7 Å². The van der Waals surface area contributed by atoms with Gasteiger partial charge in [-0.25, -0.2) is 4.67 Å². The Kier molecular flexibility index (Phi) is 18.6. The van der Waals surface area contributed by atoms with Gasteiger partial charge in [-0.05, 0) is 131 Å². The molecule has 1 aromatic rings. The molecule has 0 aliphatic heterocycles. The van der Waals surface area contributed by atoms with Crippen molar-refractivity contribution < 1.29 is 62.8 Å². The number of alkyl halides is 9. The summed E-state index contributed by atoms with van der Waals surface area (Å²) in [5.74, 6) is 3.20. The van der Waals surface area contributed by atoms with Crippen LogP contribution in [0.15, 0.2) is 18.2 Å². The molecule has 0 heterocycles. The van der Waals surface area contributed by atoms with Crippen molar-refractivity contribution in [3.63, 3.8) is 0 Å². The molecule has 60 heavy (non-hydrogen) atoms. The van der Waals surface area contributed by atoms with Crippen molar-refractivity contribution in [3.8, 4) is 11.8 Å². The number of aryl methyl sites for hydroxylation is 1. The van der Waals surface area contributed by atoms with E-state index in [1.807, 2.05) is 16.9 Å². The average molecular weight is 927 g/mol. The van der Waals surface area contributed by atoms with Gasteiger partial charge in [0.2, 0.25) is 0 Å². The molecular weight excluding hydrogens is 867 g/mol. The lowest BCUT2D eigenvalue weighted by Gasteiger charge is -2.57. The first kappa shape index (κ1) is 51.4. The molecule has 0 saturated heterocycles. The zero-order valence-corrected chi connectivity index (χ0v) is 37.8. The van der Waals surface area contributed by atoms with E-state index in [9.17, 15) is 39.5 Å². The summed E-state index contributed by atoms with van der Waals surface area (Å²) in [5.41, 5.74) is -4.06. The second kappa shape index (κ2) is 21.7. The molecule has 0 aromatic heterocycles. The molecule has 1 aromatic carbocycles. The fraction of sp³-hybridized carbons (Fsp3) is 0.829. The maximum absolute atomic E-state index is 13.2. The third-order valence-corrected chi connectivity index (χ3v) is 16.9. The number of rotatable bonds is 23. The fourth-order valence-corrected chi connectivity index (χ4v) is 13.3. The average Bonchev–Trinajstić information content (AvgIpc) is 3.48. The highest BCUT2D eigenvalue weighted by atomic mass is 33.1. The Morgan fingerprint density at radius 2 is 1.43 bits per heavy atom. The van der Waals surface area contributed by atoms with Gasteiger partial charge in [-0.3, -0.25) is 0 Å². The molecule has 3 aliphatic carbocycles. The highest BCUT2D eigenvalue weighted by Gasteiger charge is 2.85. The maximum Gasteiger partial charge on any atom is 0.435 e. The highest BCUT2D eigenvalue weighted by molar-refractivity contribution is 8.76. The zero-order chi connectivity index (χ0) is 44.6. The monoisotopic (exact) mass is 926 g/mol. The Morgan fingerprint density at radius 1 is 0.783 bits per heavy atom. The summed E-state index contributed by atoms with van der Waals surface area (Å²) in [6.45, 7) is 12.7. The number of benzene rings is 1. The topological polar surface area (TPSA) is 73.2 Å². The molecule has 7 nitrogen and oxygen atoms in total. The maximum atomic E-state index is 13.2. The van der Waals surface area contributed by atoms with Crippen molar-refractivity contribution in [2.75, 3.05) is 44.5 Å². The summed E-state index contributed by atoms with van der Waals surface area (Å²) in [6, 6.07) is 9.00. The minimum absolute atomic E-state index is 0.0633. The Balaban J connectivity index is 1.19. The number of nitriles is 1. The van der Waals surface area contributed by atoms with Crippen molar-refractivity contribution in [2.45, 2.75) is 154 Å². The van der Waals surface area contributed by atoms with Crippen molar-refractivity contribution in [3.05, 3.63) is 29.3 Å². The molecule has 2 saturated carbocycles. The minimum Gasteiger partial charge on any atom is -0.493 e. The summed E-state index contributed by atoms with van der Waals surface area (Å²) in [4.78, 5) is 0. The van der Waals surface area contributed by atoms with Crippen LogP contribution in [0.25, 0.3) is 0 Å². The van der Waals surface area contributed by atoms with Crippen LogP contribution in [0.1, 0.15) is 116 Å². The van der Waals surface area contributed by atoms with Crippen LogP contribution in [-0.4, -0.2) is 91.5 Å². The van der Waals surface area contributed by atoms with Gasteiger partial charge >= 0.3 is 24.1 Å². The van der Waals surface area contributed by atoms with E-state index >= 15 is 0 Å². The lowest BCUT2D eigenvalue weighted by molar-refractivity contribution is -0.457. The lowest BCUT2D eigenvalue weighted by atomic mass is 9.48. The van der Waals surface area contributed by atoms with Crippen LogP contribution in [0.5, 0.6) is 5.75 Å². The van der Waals surface area contributed by atoms with E-state index in [4.69, 9.17) is 23.8 Å². The molecule has 0 spiro atoms. The van der Waals surface area contributed by atoms with Gasteiger partial charge in [0.15, 0.2) is 0 Å². The summed E-state index contributed by atoms with van der Waals surface area (Å²) >= 11 is 0. The molecule has 0 bridgehead atoms. The van der Waals surface area contributed by atoms with E-state index in [-0.39, 0.29) is 41.5 Å². The Hall–Kier alpha value is -1.19. The van der Waals surface area contributed by atoms with Gasteiger partial charge in [0.1, 0.15) is 5.75 Å². The largest absolute Gasteiger partial charge is 0.493 e. The molecule has 0 amide bonds. The molecule has 19 heteroatoms. The number of halogens is 9. The highest BCUT2D eigenvalue weighted by Crippen LogP contribution is 2.67. The minimum atomic E-state index is -6.75. The SMILES string of the molecule is CC(C)N(C(C)C)P(OCCC#N)OCCCCSSCCOc1ccc2c(c1)CC[C@@]1(C)[C@@H]3CC[C@H](OCCCOC(C(F)(F)F)(C(F)(F)F)C(F)(F)F)[C@@]3(C)CC[C@H]21. The number of hydrogen-bond donors (Lipinski definition) is 0. The lowest BCUT2D eigenvalue weighted by Crippen LogP contribution is -2.67. The van der Waals surface area contributed by atoms with Crippen LogP contribution in [0.4, 0.5) is 39.5 Å². The van der Waals surface area contributed by atoms with Crippen molar-refractivity contribution in [1.29, 1.82) is 5.26 Å². The standard InChI is InChI=1S/C41H60F9N2O5PS2/c1-28(2)52(29(3)4)58(57-23-9-19-51)56-22-7-8-25-59-60-26-24-53-31-11-12-32-30(27-31)15-17-36(5)33(32)16-18-37(6)34(36)13-14-35(37)54-20-10-21-55-38(39(42,43)44,40(45,46)47)41(48,49)50/h11-12,27-29,33-35H,7-10,13-18,20-26H2,1-6H3/t33-,34+,35+,36-,37+,58?/m1/s1. The second-order valence-electron chi connectivity index (χ2n) is 16.9. The molecule has 0 radical (unpaired) electrons. The molecule has 6 atom stereocenters. The molecule has 1 unspecified atom stereocenters. The van der Waals surface area contributed by atoms with E-state index in [0.29, 0.717) is 38.6 Å². The number of ether oxygens (including phenoxy) is 3. The fourth-order valence-electron chi connectivity index (χ4n) is 9.68. The predicted octanol–water partition coefficient (Wildman–Crippen LogP) is 13.0. The van der Waals surface area contributed by atoms with Gasteiger partial charge in [0.25, 0.3) is 8.53 Å². The Bertz CT molecular complexity index is 1510. The van der Waals surface area contributed by atoms with Crippen LogP contribution < -0.4 is 4.74 Å². The molecule has 4 rings (SSSR count). The Labute approximate surface area is 358 Å². The van der Waals surface area contributed by atoms with Crippen LogP contribution >= 0.6 is 30.1 Å². The summed E-state index contributed by atoms with van der Waals surface area (Å²) in [5, 5.41) is 8.90. The second-order valence-corrected chi connectivity index (χ2v) is 21.1. The van der Waals surface area contributed by atoms with E-state index in [2.05, 4.69) is 69.2 Å². The zero-order valence-electron chi connectivity index (χ0n) is 35.2. The summed E-state index contributed by atoms with van der Waals surface area (Å²) < 4.78 is 149. The first-order chi connectivity index (χ1) is 28.0. The van der Waals surface area contributed by atoms with Crippen LogP contribution in [0.3, 0.4) is 0 Å². The van der Waals surface area contributed by atoms with E-state index < -0.39 is 45.7 Å². The first-order valence-electron chi connectivity index (χ1n) is 20.7. The number of nitrogens with zero attached hydrogens (tertiary/aromatic N) is 2. The van der Waals surface area contributed by atoms with Gasteiger partial charge in [0, 0.05) is 30.2 Å². The molecule has 0 N–H and O–H groups in total. The molecule has 3 aliphatic rings. The molecule has 2 fully saturated rings. The smallest absolute Gasteiger partial charge is 0.435 e. The van der Waals surface area contributed by atoms with E-state index in [0.717, 1.165) is 62.2 Å². The van der Waals surface area contributed by atoms with Crippen LogP contribution in [0.2, 0.25) is 0 Å². The van der Waals surface area contributed by atoms with Crippen molar-refractivity contribution >= 4 is 30.1 Å². The number of fused-ring (bicyclic) bond motifs is 5. The van der Waals surface area contributed by atoms with E-state index in [1.165, 1.54) is 11.1 Å². The predicted molar refractivity (Wildman–Crippen MR) is 218 cm³/mol. The normalized spacial score (nSPS) is 25.3. The van der Waals surface area contributed by atoms with Gasteiger partial charge in [0.05, 0.1) is 45.0 Å². The molecule has 344 valence electrons.